The highest BCUT2D eigenvalue weighted by atomic mass is 19.1. The number of hydrogen-bond donors (Lipinski definition) is 1. The summed E-state index contributed by atoms with van der Waals surface area (Å²) in [7, 11) is 0. The minimum absolute atomic E-state index is 0.127. The molecule has 0 aliphatic heterocycles. The summed E-state index contributed by atoms with van der Waals surface area (Å²) in [5.74, 6) is -0.223. The van der Waals surface area contributed by atoms with Crippen LogP contribution in [0.3, 0.4) is 0 Å². The van der Waals surface area contributed by atoms with Crippen molar-refractivity contribution < 1.29 is 18.7 Å². The number of carbonyl (C=O) groups excluding carboxylic acids is 2. The first-order valence-corrected chi connectivity index (χ1v) is 12.6. The average molecular weight is 489 g/mol. The van der Waals surface area contributed by atoms with Crippen LogP contribution in [0.4, 0.5) is 4.39 Å². The Morgan fingerprint density at radius 2 is 1.69 bits per heavy atom. The highest BCUT2D eigenvalue weighted by molar-refractivity contribution is 5.88. The monoisotopic (exact) mass is 488 g/mol. The number of hydrogen-bond acceptors (Lipinski definition) is 3. The number of aryl methyl sites for hydroxylation is 1. The molecule has 0 spiro atoms. The van der Waals surface area contributed by atoms with E-state index in [2.05, 4.69) is 5.32 Å². The number of nitrogens with one attached hydrogen (secondary N) is 1. The van der Waals surface area contributed by atoms with Gasteiger partial charge in [-0.05, 0) is 60.7 Å². The molecule has 5 nitrogen and oxygen atoms in total. The van der Waals surface area contributed by atoms with Crippen LogP contribution in [-0.2, 0) is 22.6 Å². The standard InChI is InChI=1S/C30H33FN2O3/c1-22-8-7-13-27(18-22)36-21-29(34)33(20-24-14-16-25(31)17-15-24)28(19-23-9-3-2-4-10-23)30(35)32-26-11-5-6-12-26/h2-4,7-10,13-18,26,28H,5-6,11-12,19-21H2,1H3,(H,32,35)/t28-/m0/s1. The molecule has 0 aromatic heterocycles. The van der Waals surface area contributed by atoms with Gasteiger partial charge in [-0.15, -0.1) is 0 Å². The van der Waals surface area contributed by atoms with Crippen molar-refractivity contribution in [2.75, 3.05) is 6.61 Å². The second kappa shape index (κ2) is 12.3. The molecule has 1 aliphatic rings. The van der Waals surface area contributed by atoms with Gasteiger partial charge in [0, 0.05) is 19.0 Å². The van der Waals surface area contributed by atoms with Crippen LogP contribution in [-0.4, -0.2) is 35.4 Å². The van der Waals surface area contributed by atoms with Crippen LogP contribution < -0.4 is 10.1 Å². The summed E-state index contributed by atoms with van der Waals surface area (Å²) in [6.45, 7) is 1.93. The van der Waals surface area contributed by atoms with Crippen LogP contribution in [0.1, 0.15) is 42.4 Å². The molecule has 3 aromatic carbocycles. The first kappa shape index (κ1) is 25.4. The molecule has 1 N–H and O–H groups in total. The van der Waals surface area contributed by atoms with E-state index in [1.54, 1.807) is 23.1 Å². The quantitative estimate of drug-likeness (QED) is 0.426. The fourth-order valence-electron chi connectivity index (χ4n) is 4.64. The average Bonchev–Trinajstić information content (AvgIpc) is 3.39. The van der Waals surface area contributed by atoms with E-state index >= 15 is 0 Å². The van der Waals surface area contributed by atoms with E-state index in [4.69, 9.17) is 4.74 Å². The van der Waals surface area contributed by atoms with Gasteiger partial charge in [0.25, 0.3) is 5.91 Å². The second-order valence-corrected chi connectivity index (χ2v) is 9.45. The molecule has 0 saturated heterocycles. The smallest absolute Gasteiger partial charge is 0.261 e. The Kier molecular flexibility index (Phi) is 8.71. The maximum Gasteiger partial charge on any atom is 0.261 e. The van der Waals surface area contributed by atoms with Gasteiger partial charge in [0.1, 0.15) is 17.6 Å². The highest BCUT2D eigenvalue weighted by Crippen LogP contribution is 2.20. The molecule has 0 unspecified atom stereocenters. The molecular weight excluding hydrogens is 455 g/mol. The molecule has 4 rings (SSSR count). The van der Waals surface area contributed by atoms with Crippen LogP contribution in [0.2, 0.25) is 0 Å². The fraction of sp³-hybridized carbons (Fsp3) is 0.333. The number of benzene rings is 3. The van der Waals surface area contributed by atoms with Crippen molar-refractivity contribution in [1.82, 2.24) is 10.2 Å². The Labute approximate surface area is 212 Å². The van der Waals surface area contributed by atoms with Gasteiger partial charge in [-0.25, -0.2) is 4.39 Å². The van der Waals surface area contributed by atoms with Crippen LogP contribution in [0.25, 0.3) is 0 Å². The Balaban J connectivity index is 1.60. The lowest BCUT2D eigenvalue weighted by Crippen LogP contribution is -2.53. The van der Waals surface area contributed by atoms with Crippen molar-refractivity contribution >= 4 is 11.8 Å². The third kappa shape index (κ3) is 7.17. The maximum atomic E-state index is 13.6. The lowest BCUT2D eigenvalue weighted by Gasteiger charge is -2.32. The maximum absolute atomic E-state index is 13.6. The lowest BCUT2D eigenvalue weighted by molar-refractivity contribution is -0.143. The van der Waals surface area contributed by atoms with Gasteiger partial charge in [0.15, 0.2) is 6.61 Å². The van der Waals surface area contributed by atoms with Gasteiger partial charge in [-0.3, -0.25) is 9.59 Å². The van der Waals surface area contributed by atoms with Gasteiger partial charge >= 0.3 is 0 Å². The van der Waals surface area contributed by atoms with Crippen molar-refractivity contribution in [2.24, 2.45) is 0 Å². The van der Waals surface area contributed by atoms with E-state index in [9.17, 15) is 14.0 Å². The van der Waals surface area contributed by atoms with Crippen molar-refractivity contribution in [3.05, 3.63) is 101 Å². The number of halogens is 1. The van der Waals surface area contributed by atoms with E-state index in [-0.39, 0.29) is 36.8 Å². The van der Waals surface area contributed by atoms with Gasteiger partial charge in [0.05, 0.1) is 0 Å². The van der Waals surface area contributed by atoms with E-state index in [0.717, 1.165) is 42.4 Å². The first-order chi connectivity index (χ1) is 17.5. The summed E-state index contributed by atoms with van der Waals surface area (Å²) in [5, 5.41) is 3.18. The molecule has 1 fully saturated rings. The Morgan fingerprint density at radius 3 is 2.39 bits per heavy atom. The molecule has 188 valence electrons. The zero-order valence-electron chi connectivity index (χ0n) is 20.7. The number of carbonyl (C=O) groups is 2. The van der Waals surface area contributed by atoms with Crippen molar-refractivity contribution in [1.29, 1.82) is 0 Å². The molecule has 0 heterocycles. The number of nitrogens with zero attached hydrogens (tertiary/aromatic N) is 1. The van der Waals surface area contributed by atoms with Crippen LogP contribution >= 0.6 is 0 Å². The van der Waals surface area contributed by atoms with Gasteiger partial charge in [-0.2, -0.15) is 0 Å². The summed E-state index contributed by atoms with van der Waals surface area (Å²) in [6.07, 6.45) is 4.46. The largest absolute Gasteiger partial charge is 0.484 e. The van der Waals surface area contributed by atoms with Gasteiger partial charge in [0.2, 0.25) is 5.91 Å². The SMILES string of the molecule is Cc1cccc(OCC(=O)N(Cc2ccc(F)cc2)[C@@H](Cc2ccccc2)C(=O)NC2CCCC2)c1. The highest BCUT2D eigenvalue weighted by Gasteiger charge is 2.32. The molecular formula is C30H33FN2O3. The summed E-state index contributed by atoms with van der Waals surface area (Å²) in [4.78, 5) is 28.8. The van der Waals surface area contributed by atoms with E-state index in [0.29, 0.717) is 12.2 Å². The normalized spacial score (nSPS) is 14.3. The predicted octanol–water partition coefficient (Wildman–Crippen LogP) is 5.21. The lowest BCUT2D eigenvalue weighted by atomic mass is 10.0. The molecule has 1 aliphatic carbocycles. The van der Waals surface area contributed by atoms with Crippen LogP contribution in [0.15, 0.2) is 78.9 Å². The Hall–Kier alpha value is -3.67. The first-order valence-electron chi connectivity index (χ1n) is 12.6. The molecule has 2 amide bonds. The van der Waals surface area contributed by atoms with Crippen molar-refractivity contribution in [3.63, 3.8) is 0 Å². The minimum Gasteiger partial charge on any atom is -0.484 e. The molecule has 3 aromatic rings. The van der Waals surface area contributed by atoms with E-state index in [1.165, 1.54) is 12.1 Å². The summed E-state index contributed by atoms with van der Waals surface area (Å²) in [5.41, 5.74) is 2.73. The Bertz CT molecular complexity index is 1140. The molecule has 1 atom stereocenters. The van der Waals surface area contributed by atoms with E-state index in [1.807, 2.05) is 55.5 Å². The molecule has 1 saturated carbocycles. The summed E-state index contributed by atoms with van der Waals surface area (Å²) < 4.78 is 19.4. The zero-order valence-corrected chi connectivity index (χ0v) is 20.7. The summed E-state index contributed by atoms with van der Waals surface area (Å²) >= 11 is 0. The molecule has 0 bridgehead atoms. The number of rotatable bonds is 10. The third-order valence-corrected chi connectivity index (χ3v) is 6.59. The van der Waals surface area contributed by atoms with E-state index < -0.39 is 6.04 Å². The predicted molar refractivity (Wildman–Crippen MR) is 138 cm³/mol. The third-order valence-electron chi connectivity index (χ3n) is 6.59. The molecule has 0 radical (unpaired) electrons. The van der Waals surface area contributed by atoms with Crippen molar-refractivity contribution in [2.45, 2.75) is 57.7 Å². The zero-order chi connectivity index (χ0) is 25.3. The molecule has 36 heavy (non-hydrogen) atoms. The topological polar surface area (TPSA) is 58.6 Å². The second-order valence-electron chi connectivity index (χ2n) is 9.45. The number of ether oxygens (including phenoxy) is 1. The minimum atomic E-state index is -0.730. The van der Waals surface area contributed by atoms with Crippen molar-refractivity contribution in [3.8, 4) is 5.75 Å². The Morgan fingerprint density at radius 1 is 0.972 bits per heavy atom. The summed E-state index contributed by atoms with van der Waals surface area (Å²) in [6, 6.07) is 22.6. The van der Waals surface area contributed by atoms with Gasteiger partial charge in [-0.1, -0.05) is 67.4 Å². The number of amides is 2. The van der Waals surface area contributed by atoms with Gasteiger partial charge < -0.3 is 15.0 Å². The fourth-order valence-corrected chi connectivity index (χ4v) is 4.64. The van der Waals surface area contributed by atoms with Crippen LogP contribution in [0.5, 0.6) is 5.75 Å². The van der Waals surface area contributed by atoms with Crippen LogP contribution in [0, 0.1) is 12.7 Å². The molecule has 6 heteroatoms.